The molecule has 1 aliphatic heterocycles. The van der Waals surface area contributed by atoms with Crippen molar-refractivity contribution in [3.05, 3.63) is 93.3 Å². The molecule has 1 aliphatic rings. The van der Waals surface area contributed by atoms with Gasteiger partial charge < -0.3 is 4.43 Å². The second-order valence-electron chi connectivity index (χ2n) is 10.4. The fourth-order valence-corrected chi connectivity index (χ4v) is 9.65. The van der Waals surface area contributed by atoms with E-state index in [4.69, 9.17) is 9.26 Å². The van der Waals surface area contributed by atoms with Crippen LogP contribution < -0.4 is 21.6 Å². The monoisotopic (exact) mass is 493 g/mol. The first kappa shape index (κ1) is 25.3. The molecule has 186 valence electrons. The Balaban J connectivity index is 1.58. The molecule has 2 aromatic carbocycles. The number of hydroxylamine groups is 2. The van der Waals surface area contributed by atoms with Crippen LogP contribution in [-0.2, 0) is 15.8 Å². The minimum atomic E-state index is -2.64. The normalized spacial score (nSPS) is 19.2. The first-order valence-electron chi connectivity index (χ1n) is 12.1. The zero-order chi connectivity index (χ0) is 25.2. The summed E-state index contributed by atoms with van der Waals surface area (Å²) in [6, 6.07) is 21.2. The maximum atomic E-state index is 12.2. The summed E-state index contributed by atoms with van der Waals surface area (Å²) in [5, 5.41) is 4.24. The Kier molecular flexibility index (Phi) is 7.28. The number of hydrogen-bond donors (Lipinski definition) is 1. The van der Waals surface area contributed by atoms with Gasteiger partial charge >= 0.3 is 5.69 Å². The van der Waals surface area contributed by atoms with Crippen molar-refractivity contribution in [2.45, 2.75) is 57.8 Å². The molecule has 1 fully saturated rings. The second kappa shape index (κ2) is 10.1. The van der Waals surface area contributed by atoms with Crippen LogP contribution in [0.3, 0.4) is 0 Å². The number of hydrogen-bond acceptors (Lipinski definition) is 5. The number of aryl methyl sites for hydroxylation is 1. The molecule has 4 rings (SSSR count). The molecule has 0 spiro atoms. The van der Waals surface area contributed by atoms with Crippen LogP contribution >= 0.6 is 0 Å². The van der Waals surface area contributed by atoms with Crippen LogP contribution in [0.25, 0.3) is 0 Å². The highest BCUT2D eigenvalue weighted by Gasteiger charge is 2.50. The maximum Gasteiger partial charge on any atom is 0.328 e. The Hall–Kier alpha value is -2.78. The van der Waals surface area contributed by atoms with Crippen LogP contribution in [-0.4, -0.2) is 48.7 Å². The number of rotatable bonds is 7. The van der Waals surface area contributed by atoms with Crippen molar-refractivity contribution in [1.29, 1.82) is 0 Å². The van der Waals surface area contributed by atoms with Gasteiger partial charge in [-0.3, -0.25) is 19.2 Å². The second-order valence-corrected chi connectivity index (χ2v) is 14.7. The Morgan fingerprint density at radius 3 is 2.14 bits per heavy atom. The summed E-state index contributed by atoms with van der Waals surface area (Å²) in [6.45, 7) is 9.37. The highest BCUT2D eigenvalue weighted by molar-refractivity contribution is 6.99. The number of aromatic amines is 1. The number of nitrogens with zero attached hydrogens (tertiary/aromatic N) is 2. The van der Waals surface area contributed by atoms with Crippen LogP contribution in [0.15, 0.2) is 76.4 Å². The van der Waals surface area contributed by atoms with Gasteiger partial charge in [-0.25, -0.2) is 4.79 Å². The Morgan fingerprint density at radius 1 is 1.03 bits per heavy atom. The SMILES string of the molecule is Cc1cn(C[C@@H]2C[C@H](CO[Si](c3ccccc3)(c3ccccc3)C(C)(C)C)N(C)O2)c(=O)[nH]c1=O. The van der Waals surface area contributed by atoms with E-state index < -0.39 is 14.0 Å². The Labute approximate surface area is 207 Å². The highest BCUT2D eigenvalue weighted by atomic mass is 28.4. The number of H-pyrrole nitrogens is 1. The number of aromatic nitrogens is 2. The molecule has 1 saturated heterocycles. The summed E-state index contributed by atoms with van der Waals surface area (Å²) >= 11 is 0. The molecule has 0 unspecified atom stereocenters. The molecule has 7 nitrogen and oxygen atoms in total. The average Bonchev–Trinajstić information content (AvgIpc) is 3.17. The van der Waals surface area contributed by atoms with Crippen LogP contribution in [0.4, 0.5) is 0 Å². The van der Waals surface area contributed by atoms with Crippen molar-refractivity contribution >= 4 is 18.7 Å². The topological polar surface area (TPSA) is 76.6 Å². The van der Waals surface area contributed by atoms with Crippen molar-refractivity contribution < 1.29 is 9.26 Å². The van der Waals surface area contributed by atoms with Crippen LogP contribution in [0.5, 0.6) is 0 Å². The summed E-state index contributed by atoms with van der Waals surface area (Å²) in [6.07, 6.45) is 2.13. The molecule has 2 atom stereocenters. The zero-order valence-corrected chi connectivity index (χ0v) is 22.2. The van der Waals surface area contributed by atoms with Gasteiger partial charge in [-0.05, 0) is 28.8 Å². The van der Waals surface area contributed by atoms with Gasteiger partial charge in [-0.2, -0.15) is 5.06 Å². The lowest BCUT2D eigenvalue weighted by atomic mass is 10.1. The van der Waals surface area contributed by atoms with E-state index in [0.29, 0.717) is 18.7 Å². The lowest BCUT2D eigenvalue weighted by Crippen LogP contribution is -2.67. The third-order valence-electron chi connectivity index (χ3n) is 6.86. The van der Waals surface area contributed by atoms with Crippen molar-refractivity contribution in [1.82, 2.24) is 14.6 Å². The van der Waals surface area contributed by atoms with Crippen molar-refractivity contribution in [3.8, 4) is 0 Å². The Morgan fingerprint density at radius 2 is 1.60 bits per heavy atom. The van der Waals surface area contributed by atoms with E-state index in [0.717, 1.165) is 6.42 Å². The summed E-state index contributed by atoms with van der Waals surface area (Å²) in [4.78, 5) is 32.4. The quantitative estimate of drug-likeness (QED) is 0.512. The first-order valence-corrected chi connectivity index (χ1v) is 14.0. The molecule has 1 N–H and O–H groups in total. The summed E-state index contributed by atoms with van der Waals surface area (Å²) in [5.74, 6) is 0. The Bertz CT molecular complexity index is 1210. The molecular formula is C27H35N3O4Si. The van der Waals surface area contributed by atoms with Gasteiger partial charge in [0, 0.05) is 18.8 Å². The lowest BCUT2D eigenvalue weighted by Gasteiger charge is -2.43. The molecule has 1 aromatic heterocycles. The van der Waals surface area contributed by atoms with Gasteiger partial charge in [-0.1, -0.05) is 81.4 Å². The predicted octanol–water partition coefficient (Wildman–Crippen LogP) is 2.43. The third kappa shape index (κ3) is 5.11. The number of benzene rings is 2. The number of likely N-dealkylation sites (N-methyl/N-ethyl adjacent to an activating group) is 1. The highest BCUT2D eigenvalue weighted by Crippen LogP contribution is 2.37. The van der Waals surface area contributed by atoms with Gasteiger partial charge in [0.25, 0.3) is 13.9 Å². The molecule has 35 heavy (non-hydrogen) atoms. The van der Waals surface area contributed by atoms with E-state index >= 15 is 0 Å². The maximum absolute atomic E-state index is 12.2. The molecular weight excluding hydrogens is 458 g/mol. The van der Waals surface area contributed by atoms with E-state index in [2.05, 4.69) is 74.3 Å². The molecule has 0 amide bonds. The van der Waals surface area contributed by atoms with Crippen molar-refractivity contribution in [3.63, 3.8) is 0 Å². The van der Waals surface area contributed by atoms with Crippen LogP contribution in [0, 0.1) is 6.92 Å². The first-order chi connectivity index (χ1) is 16.6. The lowest BCUT2D eigenvalue weighted by molar-refractivity contribution is -0.150. The predicted molar refractivity (Wildman–Crippen MR) is 141 cm³/mol. The summed E-state index contributed by atoms with van der Waals surface area (Å²) in [5.41, 5.74) is -0.270. The van der Waals surface area contributed by atoms with E-state index in [-0.39, 0.29) is 22.7 Å². The van der Waals surface area contributed by atoms with E-state index in [1.807, 2.05) is 24.2 Å². The van der Waals surface area contributed by atoms with Crippen molar-refractivity contribution in [2.24, 2.45) is 0 Å². The smallest absolute Gasteiger partial charge is 0.328 e. The minimum Gasteiger partial charge on any atom is -0.406 e. The zero-order valence-electron chi connectivity index (χ0n) is 21.2. The number of nitrogens with one attached hydrogen (secondary N) is 1. The van der Waals surface area contributed by atoms with Gasteiger partial charge in [0.2, 0.25) is 0 Å². The van der Waals surface area contributed by atoms with E-state index in [1.54, 1.807) is 13.1 Å². The molecule has 0 saturated carbocycles. The fraction of sp³-hybridized carbons (Fsp3) is 0.407. The largest absolute Gasteiger partial charge is 0.406 e. The molecule has 0 bridgehead atoms. The molecule has 0 aliphatic carbocycles. The van der Waals surface area contributed by atoms with Gasteiger partial charge in [-0.15, -0.1) is 0 Å². The van der Waals surface area contributed by atoms with Gasteiger partial charge in [0.1, 0.15) is 0 Å². The molecule has 2 heterocycles. The van der Waals surface area contributed by atoms with Gasteiger partial charge in [0.05, 0.1) is 25.3 Å². The van der Waals surface area contributed by atoms with Crippen LogP contribution in [0.2, 0.25) is 5.04 Å². The molecule has 8 heteroatoms. The van der Waals surface area contributed by atoms with E-state index in [1.165, 1.54) is 14.9 Å². The molecule has 0 radical (unpaired) electrons. The van der Waals surface area contributed by atoms with Gasteiger partial charge in [0.15, 0.2) is 0 Å². The third-order valence-corrected chi connectivity index (χ3v) is 11.9. The summed E-state index contributed by atoms with van der Waals surface area (Å²) < 4.78 is 8.59. The average molecular weight is 494 g/mol. The van der Waals surface area contributed by atoms with Crippen molar-refractivity contribution in [2.75, 3.05) is 13.7 Å². The fourth-order valence-electron chi connectivity index (χ4n) is 5.05. The van der Waals surface area contributed by atoms with E-state index in [9.17, 15) is 9.59 Å². The summed E-state index contributed by atoms with van der Waals surface area (Å²) in [7, 11) is -0.726. The minimum absolute atomic E-state index is 0.0428. The van der Waals surface area contributed by atoms with Crippen LogP contribution in [0.1, 0.15) is 32.8 Å². The standard InChI is InChI=1S/C27H35N3O4Si/c1-20-17-30(26(32)28-25(20)31)18-22-16-21(29(5)34-22)19-33-35(27(2,3)4,23-12-8-6-9-13-23)24-14-10-7-11-15-24/h6-15,17,21-22H,16,18-19H2,1-5H3,(H,28,31,32)/t21-,22+/m1/s1. The molecule has 3 aromatic rings.